The summed E-state index contributed by atoms with van der Waals surface area (Å²) in [4.78, 5) is 43.2. The molecule has 1 atom stereocenters. The first-order chi connectivity index (χ1) is 14.0. The number of aryl methyl sites for hydroxylation is 1. The molecule has 0 aromatic heterocycles. The van der Waals surface area contributed by atoms with Crippen molar-refractivity contribution in [1.82, 2.24) is 4.90 Å². The molecular formula is C22H23N3O3S. The quantitative estimate of drug-likeness (QED) is 0.787. The second-order valence-electron chi connectivity index (χ2n) is 7.38. The normalized spacial score (nSPS) is 18.3. The zero-order valence-corrected chi connectivity index (χ0v) is 17.3. The molecule has 29 heavy (non-hydrogen) atoms. The molecule has 2 aliphatic heterocycles. The number of benzene rings is 2. The summed E-state index contributed by atoms with van der Waals surface area (Å²) >= 11 is 1.63. The Bertz CT molecular complexity index is 974. The van der Waals surface area contributed by atoms with E-state index in [0.717, 1.165) is 16.9 Å². The molecule has 2 aromatic rings. The Balaban J connectivity index is 1.62. The third kappa shape index (κ3) is 3.74. The smallest absolute Gasteiger partial charge is 0.256 e. The molecule has 1 unspecified atom stereocenters. The lowest BCUT2D eigenvalue weighted by Gasteiger charge is -2.25. The second-order valence-corrected chi connectivity index (χ2v) is 8.26. The summed E-state index contributed by atoms with van der Waals surface area (Å²) in [5.41, 5.74) is 2.62. The zero-order chi connectivity index (χ0) is 20.5. The van der Waals surface area contributed by atoms with Gasteiger partial charge in [-0.2, -0.15) is 0 Å². The number of carbonyl (C=O) groups excluding carboxylic acids is 3. The summed E-state index contributed by atoms with van der Waals surface area (Å²) in [6, 6.07) is 12.5. The summed E-state index contributed by atoms with van der Waals surface area (Å²) in [6.07, 6.45) is 3.42. The number of anilines is 2. The van der Waals surface area contributed by atoms with E-state index in [1.165, 1.54) is 4.90 Å². The van der Waals surface area contributed by atoms with Gasteiger partial charge in [0.1, 0.15) is 12.6 Å². The van der Waals surface area contributed by atoms with Crippen LogP contribution in [-0.2, 0) is 9.59 Å². The van der Waals surface area contributed by atoms with E-state index in [0.29, 0.717) is 29.9 Å². The summed E-state index contributed by atoms with van der Waals surface area (Å²) in [5, 5.41) is 2.85. The minimum atomic E-state index is -0.496. The van der Waals surface area contributed by atoms with E-state index in [9.17, 15) is 14.4 Å². The third-order valence-electron chi connectivity index (χ3n) is 5.41. The van der Waals surface area contributed by atoms with E-state index in [4.69, 9.17) is 0 Å². The molecule has 7 heteroatoms. The topological polar surface area (TPSA) is 69.7 Å². The van der Waals surface area contributed by atoms with Crippen LogP contribution >= 0.6 is 11.8 Å². The van der Waals surface area contributed by atoms with Crippen molar-refractivity contribution in [3.63, 3.8) is 0 Å². The molecular weight excluding hydrogens is 386 g/mol. The van der Waals surface area contributed by atoms with Crippen molar-refractivity contribution in [3.8, 4) is 0 Å². The highest BCUT2D eigenvalue weighted by Gasteiger charge is 2.42. The highest BCUT2D eigenvalue weighted by atomic mass is 32.2. The maximum atomic E-state index is 13.2. The lowest BCUT2D eigenvalue weighted by atomic mass is 10.1. The van der Waals surface area contributed by atoms with Gasteiger partial charge in [0.25, 0.3) is 5.91 Å². The summed E-state index contributed by atoms with van der Waals surface area (Å²) in [6.45, 7) is 2.36. The van der Waals surface area contributed by atoms with Crippen molar-refractivity contribution < 1.29 is 14.4 Å². The van der Waals surface area contributed by atoms with Gasteiger partial charge in [-0.3, -0.25) is 14.4 Å². The van der Waals surface area contributed by atoms with E-state index in [1.807, 2.05) is 43.5 Å². The van der Waals surface area contributed by atoms with E-state index in [1.54, 1.807) is 28.8 Å². The fourth-order valence-electron chi connectivity index (χ4n) is 3.96. The van der Waals surface area contributed by atoms with Crippen LogP contribution in [0.3, 0.4) is 0 Å². The van der Waals surface area contributed by atoms with Gasteiger partial charge in [0.2, 0.25) is 11.8 Å². The fourth-order valence-corrected chi connectivity index (χ4v) is 4.37. The minimum Gasteiger partial charge on any atom is -0.327 e. The van der Waals surface area contributed by atoms with Crippen LogP contribution < -0.4 is 10.2 Å². The van der Waals surface area contributed by atoms with Gasteiger partial charge in [0.15, 0.2) is 0 Å². The van der Waals surface area contributed by atoms with Crippen molar-refractivity contribution in [2.24, 2.45) is 0 Å². The third-order valence-corrected chi connectivity index (χ3v) is 6.16. The Morgan fingerprint density at radius 1 is 1.17 bits per heavy atom. The lowest BCUT2D eigenvalue weighted by Crippen LogP contribution is -2.47. The molecule has 1 saturated heterocycles. The van der Waals surface area contributed by atoms with E-state index >= 15 is 0 Å². The minimum absolute atomic E-state index is 0.128. The van der Waals surface area contributed by atoms with Crippen LogP contribution in [0.15, 0.2) is 47.4 Å². The van der Waals surface area contributed by atoms with Gasteiger partial charge >= 0.3 is 0 Å². The standard InChI is InChI=1S/C22H23N3O3S/c1-14-5-10-18-17(12-14)21(27)24-11-3-4-19(24)22(28)25(18)13-20(26)23-15-6-8-16(29-2)9-7-15/h5-10,12,19H,3-4,11,13H2,1-2H3,(H,23,26). The molecule has 0 radical (unpaired) electrons. The number of amides is 3. The molecule has 4 rings (SSSR count). The maximum absolute atomic E-state index is 13.2. The fraction of sp³-hybridized carbons (Fsp3) is 0.318. The number of nitrogens with zero attached hydrogens (tertiary/aromatic N) is 2. The molecule has 0 saturated carbocycles. The van der Waals surface area contributed by atoms with Crippen molar-refractivity contribution in [1.29, 1.82) is 0 Å². The number of fused-ring (bicyclic) bond motifs is 2. The average molecular weight is 410 g/mol. The molecule has 150 valence electrons. The first-order valence-corrected chi connectivity index (χ1v) is 10.9. The van der Waals surface area contributed by atoms with Crippen LogP contribution in [0, 0.1) is 6.92 Å². The monoisotopic (exact) mass is 409 g/mol. The molecule has 0 aliphatic carbocycles. The number of carbonyl (C=O) groups is 3. The highest BCUT2D eigenvalue weighted by molar-refractivity contribution is 7.98. The first-order valence-electron chi connectivity index (χ1n) is 9.65. The van der Waals surface area contributed by atoms with Gasteiger partial charge in [-0.15, -0.1) is 11.8 Å². The van der Waals surface area contributed by atoms with Crippen molar-refractivity contribution in [2.75, 3.05) is 29.6 Å². The molecule has 6 nitrogen and oxygen atoms in total. The van der Waals surface area contributed by atoms with Crippen LogP contribution in [0.2, 0.25) is 0 Å². The van der Waals surface area contributed by atoms with E-state index in [-0.39, 0.29) is 24.3 Å². The summed E-state index contributed by atoms with van der Waals surface area (Å²) in [7, 11) is 0. The first kappa shape index (κ1) is 19.5. The Kier molecular flexibility index (Phi) is 5.32. The van der Waals surface area contributed by atoms with Gasteiger partial charge in [-0.05, 0) is 62.4 Å². The molecule has 1 N–H and O–H groups in total. The van der Waals surface area contributed by atoms with Gasteiger partial charge in [-0.1, -0.05) is 11.6 Å². The van der Waals surface area contributed by atoms with Gasteiger partial charge in [0.05, 0.1) is 11.3 Å². The Hall–Kier alpha value is -2.80. The number of thioether (sulfide) groups is 1. The predicted octanol–water partition coefficient (Wildman–Crippen LogP) is 3.31. The van der Waals surface area contributed by atoms with Crippen LogP contribution in [0.4, 0.5) is 11.4 Å². The van der Waals surface area contributed by atoms with Crippen molar-refractivity contribution in [3.05, 3.63) is 53.6 Å². The summed E-state index contributed by atoms with van der Waals surface area (Å²) < 4.78 is 0. The van der Waals surface area contributed by atoms with Crippen LogP contribution in [0.25, 0.3) is 0 Å². The molecule has 2 aliphatic rings. The number of hydrogen-bond acceptors (Lipinski definition) is 4. The molecule has 0 bridgehead atoms. The van der Waals surface area contributed by atoms with Crippen molar-refractivity contribution in [2.45, 2.75) is 30.7 Å². The number of rotatable bonds is 4. The Labute approximate surface area is 174 Å². The molecule has 2 aromatic carbocycles. The molecule has 3 amide bonds. The van der Waals surface area contributed by atoms with E-state index < -0.39 is 6.04 Å². The number of hydrogen-bond donors (Lipinski definition) is 1. The maximum Gasteiger partial charge on any atom is 0.256 e. The van der Waals surface area contributed by atoms with Gasteiger partial charge < -0.3 is 15.1 Å². The number of nitrogens with one attached hydrogen (secondary N) is 1. The van der Waals surface area contributed by atoms with E-state index in [2.05, 4.69) is 5.32 Å². The highest BCUT2D eigenvalue weighted by Crippen LogP contribution is 2.33. The van der Waals surface area contributed by atoms with Crippen molar-refractivity contribution >= 4 is 40.9 Å². The second kappa shape index (κ2) is 7.91. The predicted molar refractivity (Wildman–Crippen MR) is 114 cm³/mol. The Morgan fingerprint density at radius 2 is 1.93 bits per heavy atom. The molecule has 1 fully saturated rings. The van der Waals surface area contributed by atoms with Crippen LogP contribution in [0.5, 0.6) is 0 Å². The largest absolute Gasteiger partial charge is 0.327 e. The lowest BCUT2D eigenvalue weighted by molar-refractivity contribution is -0.124. The Morgan fingerprint density at radius 3 is 2.66 bits per heavy atom. The van der Waals surface area contributed by atoms with Crippen LogP contribution in [-0.4, -0.2) is 48.0 Å². The van der Waals surface area contributed by atoms with Gasteiger partial charge in [0, 0.05) is 17.1 Å². The molecule has 2 heterocycles. The zero-order valence-electron chi connectivity index (χ0n) is 16.5. The molecule has 0 spiro atoms. The van der Waals surface area contributed by atoms with Gasteiger partial charge in [-0.25, -0.2) is 0 Å². The average Bonchev–Trinajstić information content (AvgIpc) is 3.19. The van der Waals surface area contributed by atoms with Crippen LogP contribution in [0.1, 0.15) is 28.8 Å². The SMILES string of the molecule is CSc1ccc(NC(=O)CN2C(=O)C3CCCN3C(=O)c3cc(C)ccc32)cc1. The summed E-state index contributed by atoms with van der Waals surface area (Å²) in [5.74, 6) is -0.609.